The molecule has 0 aromatic carbocycles. The lowest BCUT2D eigenvalue weighted by Crippen LogP contribution is -2.23. The third-order valence-electron chi connectivity index (χ3n) is 3.55. The minimum Gasteiger partial charge on any atom is -0.346 e. The molecule has 0 saturated heterocycles. The van der Waals surface area contributed by atoms with Crippen LogP contribution in [0, 0.1) is 13.8 Å². The zero-order valence-electron chi connectivity index (χ0n) is 13.5. The van der Waals surface area contributed by atoms with E-state index in [4.69, 9.17) is 0 Å². The number of hydrogen-bond acceptors (Lipinski definition) is 2. The quantitative estimate of drug-likeness (QED) is 0.594. The van der Waals surface area contributed by atoms with Crippen LogP contribution in [-0.4, -0.2) is 10.9 Å². The molecule has 0 bridgehead atoms. The predicted octanol–water partition coefficient (Wildman–Crippen LogP) is 6.00. The van der Waals surface area contributed by atoms with Crippen molar-refractivity contribution in [3.63, 3.8) is 0 Å². The molecule has 1 nitrogen and oxygen atoms in total. The Morgan fingerprint density at radius 2 is 1.90 bits per heavy atom. The Hall–Kier alpha value is -1.28. The van der Waals surface area contributed by atoms with Crippen LogP contribution in [0.1, 0.15) is 54.5 Å². The minimum atomic E-state index is 0.362. The van der Waals surface area contributed by atoms with Crippen molar-refractivity contribution in [2.24, 2.45) is 0 Å². The molecule has 0 aliphatic rings. The van der Waals surface area contributed by atoms with Crippen molar-refractivity contribution >= 4 is 22.6 Å². The molecule has 0 atom stereocenters. The van der Waals surface area contributed by atoms with Gasteiger partial charge in [-0.3, -0.25) is 0 Å². The zero-order chi connectivity index (χ0) is 15.4. The average Bonchev–Trinajstić information content (AvgIpc) is 2.65. The summed E-state index contributed by atoms with van der Waals surface area (Å²) in [6, 6.07) is 0.362. The van der Waals surface area contributed by atoms with Gasteiger partial charge in [0, 0.05) is 27.1 Å². The SMILES string of the molecule is C=CN(C(=C)c1c(C)sc(C(=C)CCC)c1C)C(C)C. The summed E-state index contributed by atoms with van der Waals surface area (Å²) in [5.74, 6) is 0. The second kappa shape index (κ2) is 6.94. The van der Waals surface area contributed by atoms with E-state index < -0.39 is 0 Å². The highest BCUT2D eigenvalue weighted by Gasteiger charge is 2.19. The maximum Gasteiger partial charge on any atom is 0.0422 e. The standard InChI is InChI=1S/C18H27NS/c1-9-11-13(5)18-14(6)17(16(8)20-18)15(7)19(10-2)12(3)4/h10,12H,2,5,7,9,11H2,1,3-4,6,8H3. The molecular formula is C18H27NS. The van der Waals surface area contributed by atoms with E-state index in [-0.39, 0.29) is 0 Å². The first-order valence-electron chi connectivity index (χ1n) is 7.23. The normalized spacial score (nSPS) is 10.7. The Bertz CT molecular complexity index is 520. The summed E-state index contributed by atoms with van der Waals surface area (Å²) in [6.07, 6.45) is 4.06. The van der Waals surface area contributed by atoms with Gasteiger partial charge in [0.1, 0.15) is 0 Å². The van der Waals surface area contributed by atoms with Crippen molar-refractivity contribution in [2.75, 3.05) is 0 Å². The molecule has 0 radical (unpaired) electrons. The molecular weight excluding hydrogens is 262 g/mol. The summed E-state index contributed by atoms with van der Waals surface area (Å²) in [6.45, 7) is 23.3. The van der Waals surface area contributed by atoms with E-state index >= 15 is 0 Å². The Morgan fingerprint density at radius 1 is 1.30 bits per heavy atom. The first kappa shape index (κ1) is 16.8. The third kappa shape index (κ3) is 3.24. The van der Waals surface area contributed by atoms with Crippen LogP contribution in [0.25, 0.3) is 11.3 Å². The highest BCUT2D eigenvalue weighted by molar-refractivity contribution is 7.13. The Balaban J connectivity index is 3.23. The van der Waals surface area contributed by atoms with Crippen LogP contribution in [0.15, 0.2) is 25.9 Å². The van der Waals surface area contributed by atoms with Crippen LogP contribution in [0.3, 0.4) is 0 Å². The van der Waals surface area contributed by atoms with E-state index in [0.717, 1.165) is 18.5 Å². The largest absolute Gasteiger partial charge is 0.346 e. The number of aryl methyl sites for hydroxylation is 1. The molecule has 1 rings (SSSR count). The number of rotatable bonds is 7. The van der Waals surface area contributed by atoms with E-state index in [1.165, 1.54) is 26.5 Å². The number of nitrogens with zero attached hydrogens (tertiary/aromatic N) is 1. The summed E-state index contributed by atoms with van der Waals surface area (Å²) in [7, 11) is 0. The van der Waals surface area contributed by atoms with Crippen LogP contribution in [0.4, 0.5) is 0 Å². The topological polar surface area (TPSA) is 3.24 Å². The van der Waals surface area contributed by atoms with Crippen LogP contribution in [-0.2, 0) is 0 Å². The summed E-state index contributed by atoms with van der Waals surface area (Å²) in [5, 5.41) is 0. The second-order valence-corrected chi connectivity index (χ2v) is 6.70. The maximum absolute atomic E-state index is 4.29. The van der Waals surface area contributed by atoms with Crippen molar-refractivity contribution in [1.82, 2.24) is 4.90 Å². The van der Waals surface area contributed by atoms with Gasteiger partial charge in [-0.25, -0.2) is 0 Å². The average molecular weight is 289 g/mol. The van der Waals surface area contributed by atoms with Crippen molar-refractivity contribution in [3.05, 3.63) is 46.8 Å². The molecule has 1 aromatic heterocycles. The van der Waals surface area contributed by atoms with E-state index in [1.807, 2.05) is 17.5 Å². The Labute approximate surface area is 128 Å². The van der Waals surface area contributed by atoms with Crippen LogP contribution in [0.5, 0.6) is 0 Å². The minimum absolute atomic E-state index is 0.362. The van der Waals surface area contributed by atoms with Gasteiger partial charge >= 0.3 is 0 Å². The fourth-order valence-electron chi connectivity index (χ4n) is 2.59. The van der Waals surface area contributed by atoms with Crippen molar-refractivity contribution < 1.29 is 0 Å². The van der Waals surface area contributed by atoms with Gasteiger partial charge < -0.3 is 4.90 Å². The highest BCUT2D eigenvalue weighted by Crippen LogP contribution is 2.38. The van der Waals surface area contributed by atoms with Gasteiger partial charge in [0.05, 0.1) is 0 Å². The van der Waals surface area contributed by atoms with Crippen molar-refractivity contribution in [1.29, 1.82) is 0 Å². The molecule has 1 heterocycles. The van der Waals surface area contributed by atoms with E-state index in [0.29, 0.717) is 6.04 Å². The molecule has 0 unspecified atom stereocenters. The molecule has 0 spiro atoms. The molecule has 0 fully saturated rings. The number of thiophene rings is 1. The summed E-state index contributed by atoms with van der Waals surface area (Å²) >= 11 is 1.84. The van der Waals surface area contributed by atoms with Crippen molar-refractivity contribution in [3.8, 4) is 0 Å². The van der Waals surface area contributed by atoms with Gasteiger partial charge in [-0.1, -0.05) is 33.1 Å². The lowest BCUT2D eigenvalue weighted by molar-refractivity contribution is 0.439. The molecule has 0 aliphatic heterocycles. The van der Waals surface area contributed by atoms with Gasteiger partial charge in [-0.05, 0) is 51.5 Å². The van der Waals surface area contributed by atoms with Gasteiger partial charge in [-0.2, -0.15) is 0 Å². The van der Waals surface area contributed by atoms with Crippen LogP contribution < -0.4 is 0 Å². The zero-order valence-corrected chi connectivity index (χ0v) is 14.4. The summed E-state index contributed by atoms with van der Waals surface area (Å²) in [4.78, 5) is 4.77. The first-order valence-corrected chi connectivity index (χ1v) is 8.05. The maximum atomic E-state index is 4.29. The lowest BCUT2D eigenvalue weighted by Gasteiger charge is -2.27. The molecule has 20 heavy (non-hydrogen) atoms. The molecule has 2 heteroatoms. The second-order valence-electron chi connectivity index (χ2n) is 5.47. The smallest absolute Gasteiger partial charge is 0.0422 e. The van der Waals surface area contributed by atoms with E-state index in [1.54, 1.807) is 0 Å². The van der Waals surface area contributed by atoms with Gasteiger partial charge in [-0.15, -0.1) is 11.3 Å². The van der Waals surface area contributed by atoms with Crippen LogP contribution >= 0.6 is 11.3 Å². The molecule has 0 amide bonds. The monoisotopic (exact) mass is 289 g/mol. The van der Waals surface area contributed by atoms with Gasteiger partial charge in [0.25, 0.3) is 0 Å². The summed E-state index contributed by atoms with van der Waals surface area (Å²) < 4.78 is 0. The Kier molecular flexibility index (Phi) is 5.82. The van der Waals surface area contributed by atoms with E-state index in [2.05, 4.69) is 59.3 Å². The van der Waals surface area contributed by atoms with Gasteiger partial charge in [0.2, 0.25) is 0 Å². The van der Waals surface area contributed by atoms with Gasteiger partial charge in [0.15, 0.2) is 0 Å². The van der Waals surface area contributed by atoms with E-state index in [9.17, 15) is 0 Å². The fraction of sp³-hybridized carbons (Fsp3) is 0.444. The molecule has 0 aliphatic carbocycles. The summed E-state index contributed by atoms with van der Waals surface area (Å²) in [5.41, 5.74) is 4.85. The highest BCUT2D eigenvalue weighted by atomic mass is 32.1. The lowest BCUT2D eigenvalue weighted by atomic mass is 10.0. The molecule has 110 valence electrons. The number of hydrogen-bond donors (Lipinski definition) is 0. The molecule has 0 N–H and O–H groups in total. The molecule has 1 aromatic rings. The molecule has 0 saturated carbocycles. The first-order chi connectivity index (χ1) is 9.34. The Morgan fingerprint density at radius 3 is 2.35 bits per heavy atom. The number of allylic oxidation sites excluding steroid dienone is 1. The third-order valence-corrected chi connectivity index (χ3v) is 4.86. The van der Waals surface area contributed by atoms with Crippen LogP contribution in [0.2, 0.25) is 0 Å². The predicted molar refractivity (Wildman–Crippen MR) is 93.9 cm³/mol. The van der Waals surface area contributed by atoms with Crippen molar-refractivity contribution in [2.45, 2.75) is 53.5 Å². The fourth-order valence-corrected chi connectivity index (χ4v) is 3.77.